The second-order valence-corrected chi connectivity index (χ2v) is 7.31. The normalized spacial score (nSPS) is 15.5. The molecule has 0 bridgehead atoms. The number of benzene rings is 1. The summed E-state index contributed by atoms with van der Waals surface area (Å²) in [7, 11) is 0. The Morgan fingerprint density at radius 3 is 2.59 bits per heavy atom. The Hall–Kier alpha value is -2.32. The van der Waals surface area contributed by atoms with Gasteiger partial charge in [0.15, 0.2) is 11.6 Å². The van der Waals surface area contributed by atoms with E-state index in [2.05, 4.69) is 15.5 Å². The fourth-order valence-corrected chi connectivity index (χ4v) is 3.66. The number of halogens is 2. The van der Waals surface area contributed by atoms with Crippen molar-refractivity contribution in [3.05, 3.63) is 52.2 Å². The van der Waals surface area contributed by atoms with E-state index in [9.17, 15) is 18.4 Å². The van der Waals surface area contributed by atoms with Crippen molar-refractivity contribution in [1.29, 1.82) is 0 Å². The number of rotatable bonds is 6. The maximum absolute atomic E-state index is 13.2. The number of nitrogens with zero attached hydrogens (tertiary/aromatic N) is 1. The molecule has 0 unspecified atom stereocenters. The third kappa shape index (κ3) is 5.58. The molecule has 2 heterocycles. The van der Waals surface area contributed by atoms with Gasteiger partial charge < -0.3 is 15.5 Å². The molecule has 144 valence electrons. The zero-order chi connectivity index (χ0) is 19.2. The number of nitrogens with one attached hydrogen (secondary N) is 2. The summed E-state index contributed by atoms with van der Waals surface area (Å²) in [5.41, 5.74) is 0.935. The average molecular weight is 393 g/mol. The summed E-state index contributed by atoms with van der Waals surface area (Å²) in [5, 5.41) is 9.32. The SMILES string of the molecule is O=C(CCN1CCC(NC(=O)c2ccsc2)CC1)Nc1ccc(F)c(F)c1. The van der Waals surface area contributed by atoms with E-state index in [1.807, 2.05) is 10.8 Å². The van der Waals surface area contributed by atoms with E-state index in [1.165, 1.54) is 17.4 Å². The van der Waals surface area contributed by atoms with Crippen molar-refractivity contribution < 1.29 is 18.4 Å². The number of thiophene rings is 1. The fraction of sp³-hybridized carbons (Fsp3) is 0.368. The van der Waals surface area contributed by atoms with Crippen LogP contribution in [0.15, 0.2) is 35.0 Å². The van der Waals surface area contributed by atoms with Gasteiger partial charge in [0.05, 0.1) is 0 Å². The number of anilines is 1. The largest absolute Gasteiger partial charge is 0.349 e. The van der Waals surface area contributed by atoms with Crippen molar-refractivity contribution in [1.82, 2.24) is 10.2 Å². The van der Waals surface area contributed by atoms with Gasteiger partial charge in [-0.1, -0.05) is 0 Å². The van der Waals surface area contributed by atoms with Gasteiger partial charge in [0, 0.05) is 54.8 Å². The van der Waals surface area contributed by atoms with Gasteiger partial charge in [-0.05, 0) is 36.4 Å². The van der Waals surface area contributed by atoms with E-state index in [0.29, 0.717) is 12.1 Å². The highest BCUT2D eigenvalue weighted by atomic mass is 32.1. The average Bonchev–Trinajstić information content (AvgIpc) is 3.19. The molecule has 27 heavy (non-hydrogen) atoms. The Morgan fingerprint density at radius 2 is 1.93 bits per heavy atom. The van der Waals surface area contributed by atoms with Gasteiger partial charge in [-0.2, -0.15) is 11.3 Å². The highest BCUT2D eigenvalue weighted by Crippen LogP contribution is 2.15. The molecule has 2 N–H and O–H groups in total. The van der Waals surface area contributed by atoms with Gasteiger partial charge >= 0.3 is 0 Å². The lowest BCUT2D eigenvalue weighted by Crippen LogP contribution is -2.45. The molecule has 0 spiro atoms. The molecule has 0 aliphatic carbocycles. The first-order valence-corrected chi connectivity index (χ1v) is 9.76. The molecule has 1 aromatic carbocycles. The maximum atomic E-state index is 13.2. The molecule has 1 fully saturated rings. The van der Waals surface area contributed by atoms with Crippen LogP contribution in [-0.4, -0.2) is 42.4 Å². The minimum Gasteiger partial charge on any atom is -0.349 e. The first kappa shape index (κ1) is 19.4. The minimum atomic E-state index is -0.987. The Balaban J connectivity index is 1.37. The second-order valence-electron chi connectivity index (χ2n) is 6.53. The predicted octanol–water partition coefficient (Wildman–Crippen LogP) is 3.25. The van der Waals surface area contributed by atoms with Crippen LogP contribution in [0.5, 0.6) is 0 Å². The number of piperidine rings is 1. The van der Waals surface area contributed by atoms with Gasteiger partial charge in [-0.25, -0.2) is 8.78 Å². The standard InChI is InChI=1S/C19H21F2N3O2S/c20-16-2-1-15(11-17(16)21)22-18(25)5-9-24-7-3-14(4-8-24)23-19(26)13-6-10-27-12-13/h1-2,6,10-12,14H,3-5,7-9H2,(H,22,25)(H,23,26). The lowest BCUT2D eigenvalue weighted by atomic mass is 10.0. The number of hydrogen-bond donors (Lipinski definition) is 2. The lowest BCUT2D eigenvalue weighted by Gasteiger charge is -2.32. The Kier molecular flexibility index (Phi) is 6.52. The van der Waals surface area contributed by atoms with E-state index in [0.717, 1.165) is 38.1 Å². The Morgan fingerprint density at radius 1 is 1.15 bits per heavy atom. The molecule has 2 aromatic rings. The number of likely N-dealkylation sites (tertiary alicyclic amines) is 1. The fourth-order valence-electron chi connectivity index (χ4n) is 3.02. The third-order valence-corrected chi connectivity index (χ3v) is 5.25. The van der Waals surface area contributed by atoms with Crippen molar-refractivity contribution in [3.8, 4) is 0 Å². The van der Waals surface area contributed by atoms with Crippen LogP contribution in [0.1, 0.15) is 29.6 Å². The monoisotopic (exact) mass is 393 g/mol. The van der Waals surface area contributed by atoms with Crippen molar-refractivity contribution >= 4 is 28.8 Å². The van der Waals surface area contributed by atoms with Crippen LogP contribution in [0.4, 0.5) is 14.5 Å². The summed E-state index contributed by atoms with van der Waals surface area (Å²) >= 11 is 1.50. The zero-order valence-corrected chi connectivity index (χ0v) is 15.5. The quantitative estimate of drug-likeness (QED) is 0.792. The van der Waals surface area contributed by atoms with Crippen LogP contribution >= 0.6 is 11.3 Å². The molecule has 3 rings (SSSR count). The number of carbonyl (C=O) groups is 2. The van der Waals surface area contributed by atoms with Gasteiger partial charge in [0.2, 0.25) is 5.91 Å². The highest BCUT2D eigenvalue weighted by molar-refractivity contribution is 7.08. The smallest absolute Gasteiger partial charge is 0.252 e. The van der Waals surface area contributed by atoms with Gasteiger partial charge in [0.1, 0.15) is 0 Å². The zero-order valence-electron chi connectivity index (χ0n) is 14.7. The van der Waals surface area contributed by atoms with Crippen LogP contribution in [0.2, 0.25) is 0 Å². The summed E-state index contributed by atoms with van der Waals surface area (Å²) in [6.45, 7) is 2.18. The van der Waals surface area contributed by atoms with Gasteiger partial charge in [-0.3, -0.25) is 9.59 Å². The first-order chi connectivity index (χ1) is 13.0. The van der Waals surface area contributed by atoms with Crippen LogP contribution < -0.4 is 10.6 Å². The molecule has 1 aliphatic heterocycles. The Labute approximate surface area is 160 Å². The predicted molar refractivity (Wildman–Crippen MR) is 101 cm³/mol. The van der Waals surface area contributed by atoms with E-state index >= 15 is 0 Å². The topological polar surface area (TPSA) is 61.4 Å². The van der Waals surface area contributed by atoms with Crippen molar-refractivity contribution in [2.45, 2.75) is 25.3 Å². The molecule has 1 aliphatic rings. The van der Waals surface area contributed by atoms with Crippen molar-refractivity contribution in [2.75, 3.05) is 25.0 Å². The van der Waals surface area contributed by atoms with Crippen LogP contribution in [0.3, 0.4) is 0 Å². The molecule has 8 heteroatoms. The van der Waals surface area contributed by atoms with Gasteiger partial charge in [0.25, 0.3) is 5.91 Å². The van der Waals surface area contributed by atoms with Crippen LogP contribution in [0.25, 0.3) is 0 Å². The molecule has 1 aromatic heterocycles. The van der Waals surface area contributed by atoms with Crippen LogP contribution in [-0.2, 0) is 4.79 Å². The molecule has 0 saturated carbocycles. The lowest BCUT2D eigenvalue weighted by molar-refractivity contribution is -0.116. The summed E-state index contributed by atoms with van der Waals surface area (Å²) in [4.78, 5) is 26.2. The van der Waals surface area contributed by atoms with E-state index in [1.54, 1.807) is 6.07 Å². The number of carbonyl (C=O) groups excluding carboxylic acids is 2. The van der Waals surface area contributed by atoms with E-state index in [4.69, 9.17) is 0 Å². The molecular weight excluding hydrogens is 372 g/mol. The Bertz CT molecular complexity index is 790. The summed E-state index contributed by atoms with van der Waals surface area (Å²) in [5.74, 6) is -2.21. The van der Waals surface area contributed by atoms with Crippen molar-refractivity contribution in [3.63, 3.8) is 0 Å². The summed E-state index contributed by atoms with van der Waals surface area (Å²) in [6, 6.07) is 5.23. The molecule has 0 atom stereocenters. The first-order valence-electron chi connectivity index (χ1n) is 8.81. The molecular formula is C19H21F2N3O2S. The summed E-state index contributed by atoms with van der Waals surface area (Å²) < 4.78 is 26.1. The number of hydrogen-bond acceptors (Lipinski definition) is 4. The second kappa shape index (κ2) is 9.05. The highest BCUT2D eigenvalue weighted by Gasteiger charge is 2.21. The van der Waals surface area contributed by atoms with Gasteiger partial charge in [-0.15, -0.1) is 0 Å². The van der Waals surface area contributed by atoms with Crippen LogP contribution in [0, 0.1) is 11.6 Å². The van der Waals surface area contributed by atoms with Crippen molar-refractivity contribution in [2.24, 2.45) is 0 Å². The molecule has 1 saturated heterocycles. The maximum Gasteiger partial charge on any atom is 0.252 e. The third-order valence-electron chi connectivity index (χ3n) is 4.56. The minimum absolute atomic E-state index is 0.0411. The number of amides is 2. The molecule has 2 amide bonds. The van der Waals surface area contributed by atoms with E-state index < -0.39 is 11.6 Å². The molecule has 5 nitrogen and oxygen atoms in total. The molecule has 0 radical (unpaired) electrons. The van der Waals surface area contributed by atoms with E-state index in [-0.39, 0.29) is 30.0 Å². The summed E-state index contributed by atoms with van der Waals surface area (Å²) in [6.07, 6.45) is 1.94.